The summed E-state index contributed by atoms with van der Waals surface area (Å²) in [6.45, 7) is 7.34. The van der Waals surface area contributed by atoms with Gasteiger partial charge in [0.05, 0.1) is 72.9 Å². The summed E-state index contributed by atoms with van der Waals surface area (Å²) in [6.07, 6.45) is 6.48. The zero-order valence-corrected chi connectivity index (χ0v) is 59.3. The van der Waals surface area contributed by atoms with Gasteiger partial charge in [-0.1, -0.05) is 39.3 Å². The molecule has 31 heteroatoms. The number of benzene rings is 3. The average Bonchev–Trinajstić information content (AvgIpc) is 0.937. The van der Waals surface area contributed by atoms with Crippen LogP contribution in [0.4, 0.5) is 15.3 Å². The van der Waals surface area contributed by atoms with E-state index in [0.29, 0.717) is 91.3 Å². The van der Waals surface area contributed by atoms with Crippen molar-refractivity contribution >= 4 is 59.2 Å². The maximum Gasteiger partial charge on any atom is 0.410 e. The standard InChI is InChI=1S/C71H102N14O17/c1-8-43-36-84-21-18-44-30-59(97-4)61(99-6)33-49(44)57(84)28-46(43)29-58-50-34-62(100-7)60(98-5)31-45(50)19-22-85(58)71(96)102-39-42-12-14-47(15-13-42)76-64(89)52(16-17-63(73)88)78-66(91)53(27-41(2)3)79-65(90)51(11-9-10-20-72)77-68(93)55(37-86)81-69(94)56(38-87)80-67(92)54(32-48-35-74-40-75-48)82-70(95)83-23-25-101-26-24-83/h12-15,30-31,33-35,40-41,43,46,51-58,86-87H,8-11,16-29,32,36-39,72H2,1-7H3,(H2,73,88)(H,74,75)(H,76,89)(H,77,93)(H,78,91)(H,79,90)(H,80,92)(H,81,94)(H,82,95)/t43?,46?,51-,52?,53-,54-,55-,56-,57?,58?/m0/s1. The molecule has 31 nitrogen and oxygen atoms in total. The molecule has 0 bridgehead atoms. The van der Waals surface area contributed by atoms with Crippen molar-refractivity contribution < 1.29 is 81.8 Å². The molecule has 4 aliphatic heterocycles. The summed E-state index contributed by atoms with van der Waals surface area (Å²) in [5.41, 5.74) is 17.2. The monoisotopic (exact) mass is 1420 g/mol. The third-order valence-electron chi connectivity index (χ3n) is 19.4. The second kappa shape index (κ2) is 38.1. The SMILES string of the molecule is CCC1CN2CCc3cc(OC)c(OC)cc3C2CC1CC1c2cc(OC)c(OC)cc2CCN1C(=O)OCc1ccc(NC(=O)C(CCC(N)=O)NC(=O)[C@H](CC(C)C)NC(=O)[C@H](CCCCN)NC(=O)[C@H](CO)NC(=O)[C@H](CO)NC(=O)[C@H](Cc2c[nH]cn2)NC(=O)N2CCOCC2)cc1. The van der Waals surface area contributed by atoms with E-state index < -0.39 is 103 Å². The first-order valence-corrected chi connectivity index (χ1v) is 35.0. The number of imidazole rings is 1. The van der Waals surface area contributed by atoms with Crippen LogP contribution in [-0.2, 0) is 68.9 Å². The van der Waals surface area contributed by atoms with Gasteiger partial charge in [-0.05, 0) is 146 Å². The highest BCUT2D eigenvalue weighted by molar-refractivity contribution is 6.00. The number of aromatic amines is 1. The number of amides is 10. The number of anilines is 1. The van der Waals surface area contributed by atoms with E-state index in [4.69, 9.17) is 39.9 Å². The van der Waals surface area contributed by atoms with Crippen molar-refractivity contribution in [1.82, 2.24) is 56.6 Å². The number of nitrogens with one attached hydrogen (secondary N) is 8. The van der Waals surface area contributed by atoms with E-state index in [-0.39, 0.29) is 82.3 Å². The molecule has 102 heavy (non-hydrogen) atoms. The van der Waals surface area contributed by atoms with Crippen molar-refractivity contribution in [1.29, 1.82) is 0 Å². The first-order chi connectivity index (χ1) is 49.1. The predicted molar refractivity (Wildman–Crippen MR) is 374 cm³/mol. The Kier molecular flexibility index (Phi) is 29.3. The van der Waals surface area contributed by atoms with Crippen LogP contribution in [0.15, 0.2) is 61.1 Å². The van der Waals surface area contributed by atoms with E-state index in [9.17, 15) is 53.4 Å². The quantitative estimate of drug-likeness (QED) is 0.0294. The largest absolute Gasteiger partial charge is 0.493 e. The molecule has 3 aromatic carbocycles. The van der Waals surface area contributed by atoms with Crippen molar-refractivity contribution in [3.05, 3.63) is 94.6 Å². The van der Waals surface area contributed by atoms with Gasteiger partial charge in [-0.15, -0.1) is 0 Å². The van der Waals surface area contributed by atoms with Gasteiger partial charge in [0, 0.05) is 63.5 Å². The van der Waals surface area contributed by atoms with Gasteiger partial charge in [0.2, 0.25) is 41.4 Å². The minimum Gasteiger partial charge on any atom is -0.493 e. The van der Waals surface area contributed by atoms with Gasteiger partial charge in [0.15, 0.2) is 23.0 Å². The number of carbonyl (C=O) groups excluding carboxylic acids is 9. The summed E-state index contributed by atoms with van der Waals surface area (Å²) in [4.78, 5) is 137. The molecule has 2 saturated heterocycles. The van der Waals surface area contributed by atoms with Crippen molar-refractivity contribution in [2.45, 2.75) is 153 Å². The molecular weight excluding hydrogens is 1320 g/mol. The zero-order valence-electron chi connectivity index (χ0n) is 59.3. The number of morpholine rings is 1. The minimum atomic E-state index is -1.73. The van der Waals surface area contributed by atoms with E-state index in [1.54, 1.807) is 66.6 Å². The van der Waals surface area contributed by atoms with Crippen molar-refractivity contribution in [2.24, 2.45) is 29.2 Å². The topological polar surface area (TPSA) is 424 Å². The second-order valence-electron chi connectivity index (χ2n) is 26.6. The van der Waals surface area contributed by atoms with E-state index in [1.807, 2.05) is 17.0 Å². The third-order valence-corrected chi connectivity index (χ3v) is 19.4. The van der Waals surface area contributed by atoms with Gasteiger partial charge >= 0.3 is 12.1 Å². The predicted octanol–water partition coefficient (Wildman–Crippen LogP) is 2.16. The third kappa shape index (κ3) is 20.9. The number of ether oxygens (including phenoxy) is 6. The highest BCUT2D eigenvalue weighted by Crippen LogP contribution is 2.49. The molecule has 5 unspecified atom stereocenters. The smallest absolute Gasteiger partial charge is 0.410 e. The fraction of sp³-hybridized carbons (Fsp3) is 0.577. The number of aliphatic hydroxyl groups is 2. The normalized spacial score (nSPS) is 18.9. The van der Waals surface area contributed by atoms with Gasteiger partial charge in [-0.2, -0.15) is 0 Å². The Morgan fingerprint density at radius 3 is 1.80 bits per heavy atom. The van der Waals surface area contributed by atoms with Crippen LogP contribution in [0.3, 0.4) is 0 Å². The molecule has 0 spiro atoms. The van der Waals surface area contributed by atoms with Gasteiger partial charge in [-0.25, -0.2) is 14.6 Å². The highest BCUT2D eigenvalue weighted by atomic mass is 16.6. The van der Waals surface area contributed by atoms with E-state index in [1.165, 1.54) is 28.6 Å². The van der Waals surface area contributed by atoms with Crippen LogP contribution in [0.5, 0.6) is 23.0 Å². The van der Waals surface area contributed by atoms with Crippen LogP contribution in [0.25, 0.3) is 0 Å². The van der Waals surface area contributed by atoms with E-state index >= 15 is 0 Å². The molecule has 2 fully saturated rings. The second-order valence-corrected chi connectivity index (χ2v) is 26.6. The lowest BCUT2D eigenvalue weighted by molar-refractivity contribution is -0.136. The molecule has 0 aliphatic carbocycles. The lowest BCUT2D eigenvalue weighted by atomic mass is 9.72. The molecule has 4 aromatic rings. The van der Waals surface area contributed by atoms with Crippen molar-refractivity contribution in [2.75, 3.05) is 99.5 Å². The first kappa shape index (κ1) is 78.4. The molecule has 4 aliphatic rings. The van der Waals surface area contributed by atoms with Crippen molar-refractivity contribution in [3.8, 4) is 23.0 Å². The Labute approximate surface area is 594 Å². The highest BCUT2D eigenvalue weighted by Gasteiger charge is 2.43. The first-order valence-electron chi connectivity index (χ1n) is 35.0. The molecule has 0 radical (unpaired) electrons. The van der Waals surface area contributed by atoms with Gasteiger partial charge < -0.3 is 102 Å². The zero-order chi connectivity index (χ0) is 73.6. The molecule has 10 atom stereocenters. The molecule has 14 N–H and O–H groups in total. The van der Waals surface area contributed by atoms with Crippen LogP contribution in [0, 0.1) is 17.8 Å². The fourth-order valence-electron chi connectivity index (χ4n) is 13.8. The van der Waals surface area contributed by atoms with Gasteiger partial charge in [0.25, 0.3) is 0 Å². The summed E-state index contributed by atoms with van der Waals surface area (Å²) < 4.78 is 34.5. The van der Waals surface area contributed by atoms with Gasteiger partial charge in [0.1, 0.15) is 42.9 Å². The van der Waals surface area contributed by atoms with Crippen molar-refractivity contribution in [3.63, 3.8) is 0 Å². The molecule has 1 aromatic heterocycles. The van der Waals surface area contributed by atoms with Gasteiger partial charge in [-0.3, -0.25) is 38.5 Å². The lowest BCUT2D eigenvalue weighted by Gasteiger charge is -2.49. The lowest BCUT2D eigenvalue weighted by Crippen LogP contribution is -2.61. The number of methoxy groups -OCH3 is 4. The molecule has 8 rings (SSSR count). The summed E-state index contributed by atoms with van der Waals surface area (Å²) in [5, 5.41) is 38.8. The van der Waals surface area contributed by atoms with Crippen LogP contribution in [0.1, 0.15) is 124 Å². The minimum absolute atomic E-state index is 0.0188. The summed E-state index contributed by atoms with van der Waals surface area (Å²) in [7, 11) is 6.50. The molecule has 558 valence electrons. The Morgan fingerprint density at radius 1 is 0.667 bits per heavy atom. The number of aliphatic hydroxyl groups excluding tert-OH is 2. The Hall–Kier alpha value is -9.30. The Bertz CT molecular complexity index is 3500. The van der Waals surface area contributed by atoms with Crippen LogP contribution in [0.2, 0.25) is 0 Å². The van der Waals surface area contributed by atoms with Crippen LogP contribution in [-0.4, -0.2) is 219 Å². The number of primary amides is 1. The molecular formula is C71H102N14O17. The summed E-state index contributed by atoms with van der Waals surface area (Å²) in [5.74, 6) is -3.19. The molecule has 0 saturated carbocycles. The number of hydrogen-bond acceptors (Lipinski definition) is 20. The number of hydrogen-bond donors (Lipinski definition) is 12. The Balaban J connectivity index is 0.899. The fourth-order valence-corrected chi connectivity index (χ4v) is 13.8. The number of unbranched alkanes of at least 4 members (excludes halogenated alkanes) is 1. The van der Waals surface area contributed by atoms with E-state index in [0.717, 1.165) is 43.5 Å². The number of nitrogens with zero attached hydrogens (tertiary/aromatic N) is 4. The Morgan fingerprint density at radius 2 is 1.23 bits per heavy atom. The number of H-pyrrole nitrogens is 1. The maximum absolute atomic E-state index is 14.6. The van der Waals surface area contributed by atoms with Crippen LogP contribution < -0.4 is 67.6 Å². The number of urea groups is 1. The molecule has 10 amide bonds. The number of piperidine rings is 1. The number of aromatic nitrogens is 2. The summed E-state index contributed by atoms with van der Waals surface area (Å²) in [6, 6.07) is 5.26. The number of rotatable bonds is 35. The average molecular weight is 1420 g/mol. The molecule has 5 heterocycles. The van der Waals surface area contributed by atoms with Crippen LogP contribution >= 0.6 is 0 Å². The summed E-state index contributed by atoms with van der Waals surface area (Å²) >= 11 is 0. The number of nitrogens with two attached hydrogens (primary N) is 2. The number of fused-ring (bicyclic) bond motifs is 4. The number of carbonyl (C=O) groups is 9. The maximum atomic E-state index is 14.6. The van der Waals surface area contributed by atoms with E-state index in [2.05, 4.69) is 71.1 Å².